The fraction of sp³-hybridized carbons (Fsp3) is 0.364. The van der Waals surface area contributed by atoms with Crippen molar-refractivity contribution >= 4 is 11.7 Å². The fourth-order valence-electron chi connectivity index (χ4n) is 2.89. The van der Waals surface area contributed by atoms with Crippen LogP contribution >= 0.6 is 0 Å². The van der Waals surface area contributed by atoms with Crippen LogP contribution in [0.25, 0.3) is 0 Å². The Bertz CT molecular complexity index is 787. The second-order valence-corrected chi connectivity index (χ2v) is 6.87. The van der Waals surface area contributed by atoms with Crippen LogP contribution in [0.15, 0.2) is 53.5 Å². The van der Waals surface area contributed by atoms with Crippen molar-refractivity contribution < 1.29 is 18.3 Å². The number of carbonyl (C=O) groups is 1. The molecule has 0 saturated heterocycles. The predicted molar refractivity (Wildman–Crippen MR) is 110 cm³/mol. The molecule has 3 rings (SSSR count). The molecule has 29 heavy (non-hydrogen) atoms. The fourth-order valence-corrected chi connectivity index (χ4v) is 2.89. The van der Waals surface area contributed by atoms with E-state index in [1.165, 1.54) is 48.5 Å². The van der Waals surface area contributed by atoms with Crippen molar-refractivity contribution in [2.45, 2.75) is 18.9 Å². The SMILES string of the molecule is CCOC.CN(C)CCC1=NC(c2ccc(F)cc2)(c2ccc(F)cc2)C(=O)N1. The second-order valence-electron chi connectivity index (χ2n) is 6.87. The van der Waals surface area contributed by atoms with Crippen molar-refractivity contribution in [3.63, 3.8) is 0 Å². The van der Waals surface area contributed by atoms with Gasteiger partial charge in [-0.2, -0.15) is 0 Å². The zero-order valence-electron chi connectivity index (χ0n) is 17.2. The van der Waals surface area contributed by atoms with Crippen LogP contribution < -0.4 is 5.32 Å². The molecule has 1 amide bonds. The molecule has 0 fully saturated rings. The number of benzene rings is 2. The van der Waals surface area contributed by atoms with Crippen molar-refractivity contribution in [1.82, 2.24) is 10.2 Å². The van der Waals surface area contributed by atoms with Gasteiger partial charge in [-0.05, 0) is 56.4 Å². The number of methoxy groups -OCH3 is 1. The molecule has 0 saturated carbocycles. The van der Waals surface area contributed by atoms with Crippen molar-refractivity contribution in [2.75, 3.05) is 34.4 Å². The Labute approximate surface area is 170 Å². The summed E-state index contributed by atoms with van der Waals surface area (Å²) in [6.07, 6.45) is 0.572. The topological polar surface area (TPSA) is 53.9 Å². The minimum absolute atomic E-state index is 0.320. The Kier molecular flexibility index (Phi) is 7.99. The molecule has 0 radical (unpaired) electrons. The van der Waals surface area contributed by atoms with Crippen molar-refractivity contribution in [3.05, 3.63) is 71.3 Å². The lowest BCUT2D eigenvalue weighted by Crippen LogP contribution is -2.38. The van der Waals surface area contributed by atoms with Crippen LogP contribution in [0.3, 0.4) is 0 Å². The number of nitrogens with zero attached hydrogens (tertiary/aromatic N) is 2. The molecular formula is C22H27F2N3O2. The molecule has 0 aromatic heterocycles. The van der Waals surface area contributed by atoms with Crippen LogP contribution in [0.2, 0.25) is 0 Å². The third-order valence-corrected chi connectivity index (χ3v) is 4.50. The minimum atomic E-state index is -1.33. The lowest BCUT2D eigenvalue weighted by molar-refractivity contribution is -0.122. The second kappa shape index (κ2) is 10.2. The summed E-state index contributed by atoms with van der Waals surface area (Å²) in [4.78, 5) is 19.5. The molecule has 1 N–H and O–H groups in total. The van der Waals surface area contributed by atoms with E-state index in [9.17, 15) is 13.6 Å². The van der Waals surface area contributed by atoms with Crippen LogP contribution in [-0.4, -0.2) is 51.0 Å². The summed E-state index contributed by atoms with van der Waals surface area (Å²) in [5.41, 5.74) is -0.251. The molecule has 0 atom stereocenters. The van der Waals surface area contributed by atoms with Crippen LogP contribution in [0.4, 0.5) is 8.78 Å². The Morgan fingerprint density at radius 3 is 1.83 bits per heavy atom. The van der Waals surface area contributed by atoms with Gasteiger partial charge in [0.05, 0.1) is 0 Å². The number of amides is 1. The first-order valence-corrected chi connectivity index (χ1v) is 9.39. The van der Waals surface area contributed by atoms with Crippen LogP contribution in [0, 0.1) is 11.6 Å². The molecular weight excluding hydrogens is 376 g/mol. The molecule has 2 aromatic carbocycles. The van der Waals surface area contributed by atoms with Crippen LogP contribution in [0.5, 0.6) is 0 Å². The summed E-state index contributed by atoms with van der Waals surface area (Å²) >= 11 is 0. The summed E-state index contributed by atoms with van der Waals surface area (Å²) < 4.78 is 31.2. The average Bonchev–Trinajstić information content (AvgIpc) is 3.05. The highest BCUT2D eigenvalue weighted by molar-refractivity contribution is 6.10. The number of aliphatic imine (C=N–C) groups is 1. The third kappa shape index (κ3) is 5.46. The van der Waals surface area contributed by atoms with Gasteiger partial charge >= 0.3 is 0 Å². The molecule has 0 unspecified atom stereocenters. The van der Waals surface area contributed by atoms with E-state index in [-0.39, 0.29) is 5.91 Å². The molecule has 7 heteroatoms. The van der Waals surface area contributed by atoms with Crippen molar-refractivity contribution in [3.8, 4) is 0 Å². The quantitative estimate of drug-likeness (QED) is 0.805. The summed E-state index contributed by atoms with van der Waals surface area (Å²) in [6.45, 7) is 3.50. The standard InChI is InChI=1S/C19H19F2N3O.C3H8O/c1-24(2)12-11-17-22-18(25)19(23-17,13-3-7-15(20)8-4-13)14-5-9-16(21)10-6-14;1-3-4-2/h3-10H,11-12H2,1-2H3,(H,22,23,25);3H2,1-2H3. The van der Waals surface area contributed by atoms with Gasteiger partial charge in [0.1, 0.15) is 17.5 Å². The van der Waals surface area contributed by atoms with E-state index in [1.807, 2.05) is 25.9 Å². The van der Waals surface area contributed by atoms with Gasteiger partial charge in [0.2, 0.25) is 0 Å². The van der Waals surface area contributed by atoms with E-state index in [0.717, 1.165) is 13.2 Å². The van der Waals surface area contributed by atoms with Gasteiger partial charge in [-0.25, -0.2) is 13.8 Å². The minimum Gasteiger partial charge on any atom is -0.385 e. The molecule has 2 aromatic rings. The molecule has 1 aliphatic rings. The molecule has 1 aliphatic heterocycles. The van der Waals surface area contributed by atoms with E-state index in [1.54, 1.807) is 7.11 Å². The number of nitrogens with one attached hydrogen (secondary N) is 1. The highest BCUT2D eigenvalue weighted by Gasteiger charge is 2.46. The van der Waals surface area contributed by atoms with E-state index in [0.29, 0.717) is 23.4 Å². The molecule has 1 heterocycles. The Hall–Kier alpha value is -2.64. The first-order valence-electron chi connectivity index (χ1n) is 9.39. The van der Waals surface area contributed by atoms with E-state index >= 15 is 0 Å². The summed E-state index contributed by atoms with van der Waals surface area (Å²) in [7, 11) is 5.55. The monoisotopic (exact) mass is 403 g/mol. The maximum atomic E-state index is 13.3. The van der Waals surface area contributed by atoms with Gasteiger partial charge in [-0.3, -0.25) is 4.79 Å². The number of amidine groups is 1. The molecule has 0 bridgehead atoms. The molecule has 5 nitrogen and oxygen atoms in total. The number of rotatable bonds is 6. The first kappa shape index (κ1) is 22.6. The Morgan fingerprint density at radius 1 is 1.00 bits per heavy atom. The Morgan fingerprint density at radius 2 is 1.45 bits per heavy atom. The highest BCUT2D eigenvalue weighted by atomic mass is 19.1. The molecule has 156 valence electrons. The normalized spacial score (nSPS) is 14.9. The summed E-state index contributed by atoms with van der Waals surface area (Å²) in [5.74, 6) is -0.548. The van der Waals surface area contributed by atoms with E-state index in [4.69, 9.17) is 0 Å². The van der Waals surface area contributed by atoms with Crippen molar-refractivity contribution in [2.24, 2.45) is 4.99 Å². The van der Waals surface area contributed by atoms with Gasteiger partial charge in [0, 0.05) is 26.7 Å². The summed E-state index contributed by atoms with van der Waals surface area (Å²) in [5, 5.41) is 2.82. The number of halogens is 2. The molecule has 0 spiro atoms. The molecule has 0 aliphatic carbocycles. The predicted octanol–water partition coefficient (Wildman–Crippen LogP) is 3.34. The highest BCUT2D eigenvalue weighted by Crippen LogP contribution is 2.37. The number of hydrogen-bond donors (Lipinski definition) is 1. The number of ether oxygens (including phenoxy) is 1. The van der Waals surface area contributed by atoms with Gasteiger partial charge in [-0.1, -0.05) is 24.3 Å². The number of hydrogen-bond acceptors (Lipinski definition) is 4. The average molecular weight is 403 g/mol. The maximum Gasteiger partial charge on any atom is 0.262 e. The zero-order valence-corrected chi connectivity index (χ0v) is 17.2. The number of carbonyl (C=O) groups excluding carboxylic acids is 1. The zero-order chi connectivity index (χ0) is 21.4. The largest absolute Gasteiger partial charge is 0.385 e. The van der Waals surface area contributed by atoms with Gasteiger partial charge < -0.3 is 15.0 Å². The maximum absolute atomic E-state index is 13.3. The van der Waals surface area contributed by atoms with E-state index in [2.05, 4.69) is 15.0 Å². The first-order chi connectivity index (χ1) is 13.8. The smallest absolute Gasteiger partial charge is 0.262 e. The summed E-state index contributed by atoms with van der Waals surface area (Å²) in [6, 6.07) is 11.3. The van der Waals surface area contributed by atoms with Crippen LogP contribution in [-0.2, 0) is 15.1 Å². The Balaban J connectivity index is 0.000000687. The van der Waals surface area contributed by atoms with Crippen molar-refractivity contribution in [1.29, 1.82) is 0 Å². The van der Waals surface area contributed by atoms with Gasteiger partial charge in [0.25, 0.3) is 5.91 Å². The van der Waals surface area contributed by atoms with E-state index < -0.39 is 17.2 Å². The lowest BCUT2D eigenvalue weighted by Gasteiger charge is -2.24. The van der Waals surface area contributed by atoms with Gasteiger partial charge in [0.15, 0.2) is 5.54 Å². The van der Waals surface area contributed by atoms with Crippen LogP contribution in [0.1, 0.15) is 24.5 Å². The third-order valence-electron chi connectivity index (χ3n) is 4.50. The lowest BCUT2D eigenvalue weighted by atomic mass is 9.83. The van der Waals surface area contributed by atoms with Gasteiger partial charge in [-0.15, -0.1) is 0 Å².